The molecule has 1 atom stereocenters. The fourth-order valence-corrected chi connectivity index (χ4v) is 4.31. The van der Waals surface area contributed by atoms with Gasteiger partial charge in [0.2, 0.25) is 0 Å². The van der Waals surface area contributed by atoms with Crippen molar-refractivity contribution in [1.29, 1.82) is 0 Å². The summed E-state index contributed by atoms with van der Waals surface area (Å²) in [7, 11) is -0.397. The number of aromatic nitrogens is 2. The zero-order chi connectivity index (χ0) is 19.6. The lowest BCUT2D eigenvalue weighted by Crippen LogP contribution is -2.45. The first-order valence-corrected chi connectivity index (χ1v) is 10.0. The minimum Gasteiger partial charge on any atom is -0.478 e. The van der Waals surface area contributed by atoms with Gasteiger partial charge in [-0.1, -0.05) is 12.1 Å². The molecular weight excluding hydrogens is 368 g/mol. The fourth-order valence-electron chi connectivity index (χ4n) is 3.12. The van der Waals surface area contributed by atoms with Crippen LogP contribution in [-0.4, -0.2) is 65.3 Å². The average Bonchev–Trinajstić information content (AvgIpc) is 2.68. The number of hydrogen-bond acceptors (Lipinski definition) is 5. The molecule has 0 amide bonds. The van der Waals surface area contributed by atoms with Gasteiger partial charge in [-0.3, -0.25) is 4.98 Å². The van der Waals surface area contributed by atoms with Crippen molar-refractivity contribution in [3.05, 3.63) is 47.9 Å². The van der Waals surface area contributed by atoms with Crippen LogP contribution in [0.4, 0.5) is 0 Å². The SMILES string of the molecule is CN(C)S(=O)(=O)N1CCC[C@@H](c2cncc(-c3ccc(C(=O)O)cc3)n2)C1. The van der Waals surface area contributed by atoms with E-state index in [1.165, 1.54) is 34.8 Å². The van der Waals surface area contributed by atoms with E-state index in [1.54, 1.807) is 24.5 Å². The largest absolute Gasteiger partial charge is 0.478 e. The monoisotopic (exact) mass is 390 g/mol. The molecule has 144 valence electrons. The molecule has 0 unspecified atom stereocenters. The van der Waals surface area contributed by atoms with Gasteiger partial charge in [-0.2, -0.15) is 17.0 Å². The molecule has 3 rings (SSSR count). The highest BCUT2D eigenvalue weighted by Crippen LogP contribution is 2.28. The Balaban J connectivity index is 1.84. The number of carbonyl (C=O) groups is 1. The van der Waals surface area contributed by atoms with Crippen LogP contribution < -0.4 is 0 Å². The van der Waals surface area contributed by atoms with Crippen LogP contribution in [0.3, 0.4) is 0 Å². The van der Waals surface area contributed by atoms with E-state index < -0.39 is 16.2 Å². The highest BCUT2D eigenvalue weighted by atomic mass is 32.2. The number of benzene rings is 1. The summed E-state index contributed by atoms with van der Waals surface area (Å²) >= 11 is 0. The highest BCUT2D eigenvalue weighted by Gasteiger charge is 2.31. The van der Waals surface area contributed by atoms with Crippen LogP contribution in [-0.2, 0) is 10.2 Å². The zero-order valence-electron chi connectivity index (χ0n) is 15.2. The van der Waals surface area contributed by atoms with Crippen LogP contribution in [0.5, 0.6) is 0 Å². The molecule has 1 aliphatic heterocycles. The second-order valence-electron chi connectivity index (χ2n) is 6.70. The van der Waals surface area contributed by atoms with Gasteiger partial charge in [-0.25, -0.2) is 9.78 Å². The van der Waals surface area contributed by atoms with E-state index in [0.29, 0.717) is 18.8 Å². The smallest absolute Gasteiger partial charge is 0.335 e. The third-order valence-corrected chi connectivity index (χ3v) is 6.58. The molecule has 0 spiro atoms. The highest BCUT2D eigenvalue weighted by molar-refractivity contribution is 7.86. The quantitative estimate of drug-likeness (QED) is 0.835. The van der Waals surface area contributed by atoms with Crippen molar-refractivity contribution in [2.45, 2.75) is 18.8 Å². The van der Waals surface area contributed by atoms with E-state index in [1.807, 2.05) is 0 Å². The summed E-state index contributed by atoms with van der Waals surface area (Å²) in [6.45, 7) is 0.872. The Morgan fingerprint density at radius 3 is 2.56 bits per heavy atom. The molecule has 2 heterocycles. The Bertz CT molecular complexity index is 929. The topological polar surface area (TPSA) is 104 Å². The van der Waals surface area contributed by atoms with E-state index in [-0.39, 0.29) is 11.5 Å². The molecule has 8 nitrogen and oxygen atoms in total. The molecule has 2 aromatic rings. The number of aromatic carboxylic acids is 1. The first-order valence-electron chi connectivity index (χ1n) is 8.62. The van der Waals surface area contributed by atoms with Crippen molar-refractivity contribution in [1.82, 2.24) is 18.6 Å². The Hall–Kier alpha value is -2.36. The van der Waals surface area contributed by atoms with Gasteiger partial charge in [0, 0.05) is 44.9 Å². The Labute approximate surface area is 158 Å². The first kappa shape index (κ1) is 19.4. The van der Waals surface area contributed by atoms with Gasteiger partial charge in [0.25, 0.3) is 10.2 Å². The lowest BCUT2D eigenvalue weighted by atomic mass is 9.96. The standard InChI is InChI=1S/C18H22N4O4S/c1-21(2)27(25,26)22-9-3-4-15(12-22)17-11-19-10-16(20-17)13-5-7-14(8-6-13)18(23)24/h5-8,10-11,15H,3-4,9,12H2,1-2H3,(H,23,24)/t15-/m1/s1. The van der Waals surface area contributed by atoms with Gasteiger partial charge in [0.15, 0.2) is 0 Å². The lowest BCUT2D eigenvalue weighted by Gasteiger charge is -2.33. The van der Waals surface area contributed by atoms with E-state index in [9.17, 15) is 13.2 Å². The third-order valence-electron chi connectivity index (χ3n) is 4.67. The van der Waals surface area contributed by atoms with Crippen LogP contribution in [0.25, 0.3) is 11.3 Å². The molecule has 1 aromatic heterocycles. The predicted octanol–water partition coefficient (Wildman–Crippen LogP) is 1.83. The van der Waals surface area contributed by atoms with Gasteiger partial charge in [0.1, 0.15) is 0 Å². The first-order chi connectivity index (χ1) is 12.8. The molecule has 1 fully saturated rings. The number of carboxylic acid groups (broad SMARTS) is 1. The summed E-state index contributed by atoms with van der Waals surface area (Å²) in [6.07, 6.45) is 4.90. The summed E-state index contributed by atoms with van der Waals surface area (Å²) in [4.78, 5) is 19.9. The minimum atomic E-state index is -3.45. The van der Waals surface area contributed by atoms with Gasteiger partial charge in [-0.15, -0.1) is 0 Å². The molecule has 0 aliphatic carbocycles. The Morgan fingerprint density at radius 1 is 1.22 bits per heavy atom. The van der Waals surface area contributed by atoms with E-state index in [4.69, 9.17) is 5.11 Å². The van der Waals surface area contributed by atoms with Crippen LogP contribution in [0.15, 0.2) is 36.7 Å². The van der Waals surface area contributed by atoms with Crippen LogP contribution in [0, 0.1) is 0 Å². The molecule has 0 radical (unpaired) electrons. The van der Waals surface area contributed by atoms with E-state index >= 15 is 0 Å². The third kappa shape index (κ3) is 4.15. The molecule has 0 saturated carbocycles. The average molecular weight is 390 g/mol. The number of hydrogen-bond donors (Lipinski definition) is 1. The summed E-state index contributed by atoms with van der Waals surface area (Å²) in [5, 5.41) is 9.00. The van der Waals surface area contributed by atoms with Gasteiger partial charge in [0.05, 0.1) is 23.1 Å². The molecule has 9 heteroatoms. The maximum atomic E-state index is 12.4. The summed E-state index contributed by atoms with van der Waals surface area (Å²) in [5.41, 5.74) is 2.35. The summed E-state index contributed by atoms with van der Waals surface area (Å²) in [5.74, 6) is -1.01. The van der Waals surface area contributed by atoms with Crippen molar-refractivity contribution >= 4 is 16.2 Å². The van der Waals surface area contributed by atoms with Crippen LogP contribution in [0.2, 0.25) is 0 Å². The van der Waals surface area contributed by atoms with Gasteiger partial charge >= 0.3 is 5.97 Å². The lowest BCUT2D eigenvalue weighted by molar-refractivity contribution is 0.0697. The number of piperidine rings is 1. The second kappa shape index (κ2) is 7.71. The van der Waals surface area contributed by atoms with Crippen molar-refractivity contribution in [2.24, 2.45) is 0 Å². The fraction of sp³-hybridized carbons (Fsp3) is 0.389. The molecule has 0 bridgehead atoms. The maximum absolute atomic E-state index is 12.4. The molecule has 27 heavy (non-hydrogen) atoms. The molecule has 1 N–H and O–H groups in total. The molecule has 1 aromatic carbocycles. The minimum absolute atomic E-state index is 0.0285. The predicted molar refractivity (Wildman–Crippen MR) is 101 cm³/mol. The number of carboxylic acids is 1. The normalized spacial score (nSPS) is 18.6. The summed E-state index contributed by atoms with van der Waals surface area (Å²) in [6, 6.07) is 6.44. The van der Waals surface area contributed by atoms with Crippen molar-refractivity contribution in [3.8, 4) is 11.3 Å². The van der Waals surface area contributed by atoms with E-state index in [0.717, 1.165) is 24.1 Å². The number of nitrogens with zero attached hydrogens (tertiary/aromatic N) is 4. The second-order valence-corrected chi connectivity index (χ2v) is 8.84. The zero-order valence-corrected chi connectivity index (χ0v) is 16.1. The summed E-state index contributed by atoms with van der Waals surface area (Å²) < 4.78 is 27.5. The number of rotatable bonds is 5. The van der Waals surface area contributed by atoms with Crippen LogP contribution >= 0.6 is 0 Å². The van der Waals surface area contributed by atoms with Crippen molar-refractivity contribution < 1.29 is 18.3 Å². The molecule has 1 aliphatic rings. The molecule has 1 saturated heterocycles. The Morgan fingerprint density at radius 2 is 1.93 bits per heavy atom. The van der Waals surface area contributed by atoms with Crippen molar-refractivity contribution in [3.63, 3.8) is 0 Å². The van der Waals surface area contributed by atoms with Gasteiger partial charge in [-0.05, 0) is 25.0 Å². The van der Waals surface area contributed by atoms with Crippen molar-refractivity contribution in [2.75, 3.05) is 27.2 Å². The van der Waals surface area contributed by atoms with Gasteiger partial charge < -0.3 is 5.11 Å². The Kier molecular flexibility index (Phi) is 5.54. The maximum Gasteiger partial charge on any atom is 0.335 e. The molecular formula is C18H22N4O4S. The van der Waals surface area contributed by atoms with Crippen LogP contribution in [0.1, 0.15) is 34.8 Å². The van der Waals surface area contributed by atoms with E-state index in [2.05, 4.69) is 9.97 Å².